The Balaban J connectivity index is 2.73. The maximum atomic E-state index is 14.1. The minimum absolute atomic E-state index is 0.0361. The lowest BCUT2D eigenvalue weighted by atomic mass is 9.83. The third-order valence-electron chi connectivity index (χ3n) is 4.92. The Morgan fingerprint density at radius 2 is 1.71 bits per heavy atom. The summed E-state index contributed by atoms with van der Waals surface area (Å²) in [5.41, 5.74) is -3.08. The molecule has 28 heavy (non-hydrogen) atoms. The Bertz CT molecular complexity index is 851. The zero-order valence-corrected chi connectivity index (χ0v) is 16.6. The topological polar surface area (TPSA) is 56.5 Å². The van der Waals surface area contributed by atoms with Crippen LogP contribution in [0.5, 0.6) is 5.75 Å². The summed E-state index contributed by atoms with van der Waals surface area (Å²) in [4.78, 5) is 1.70. The third kappa shape index (κ3) is 3.71. The van der Waals surface area contributed by atoms with Gasteiger partial charge in [-0.05, 0) is 44.0 Å². The SMILES string of the molecule is COc1cc(C(=N)N(C)C(C)C)c(C)cc1C(O)(c1ccccc1)C(F)(F)F. The second kappa shape index (κ2) is 7.83. The molecule has 0 bridgehead atoms. The quantitative estimate of drug-likeness (QED) is 0.581. The summed E-state index contributed by atoms with van der Waals surface area (Å²) in [7, 11) is 2.98. The Morgan fingerprint density at radius 3 is 2.18 bits per heavy atom. The number of aliphatic hydroxyl groups is 1. The molecule has 0 spiro atoms. The van der Waals surface area contributed by atoms with Crippen LogP contribution in [0.1, 0.15) is 36.1 Å². The molecular weight excluding hydrogens is 369 g/mol. The molecule has 1 unspecified atom stereocenters. The lowest BCUT2D eigenvalue weighted by Gasteiger charge is -2.33. The van der Waals surface area contributed by atoms with Crippen LogP contribution in [0.2, 0.25) is 0 Å². The Labute approximate surface area is 163 Å². The van der Waals surface area contributed by atoms with E-state index in [-0.39, 0.29) is 23.2 Å². The van der Waals surface area contributed by atoms with Gasteiger partial charge in [-0.2, -0.15) is 13.2 Å². The fraction of sp³-hybridized carbons (Fsp3) is 0.381. The number of nitrogens with one attached hydrogen (secondary N) is 1. The van der Waals surface area contributed by atoms with E-state index < -0.39 is 17.3 Å². The Kier molecular flexibility index (Phi) is 6.09. The van der Waals surface area contributed by atoms with Gasteiger partial charge in [0.15, 0.2) is 0 Å². The number of aryl methyl sites for hydroxylation is 1. The zero-order chi connectivity index (χ0) is 21.3. The molecule has 2 aromatic rings. The number of halogens is 3. The minimum Gasteiger partial charge on any atom is -0.496 e. The molecular formula is C21H25F3N2O2. The van der Waals surface area contributed by atoms with Crippen molar-refractivity contribution in [2.45, 2.75) is 38.6 Å². The number of benzene rings is 2. The van der Waals surface area contributed by atoms with Gasteiger partial charge >= 0.3 is 6.18 Å². The Morgan fingerprint density at radius 1 is 1.14 bits per heavy atom. The molecule has 2 aromatic carbocycles. The second-order valence-electron chi connectivity index (χ2n) is 6.99. The van der Waals surface area contributed by atoms with E-state index in [1.807, 2.05) is 13.8 Å². The van der Waals surface area contributed by atoms with Crippen LogP contribution in [0.25, 0.3) is 0 Å². The van der Waals surface area contributed by atoms with Crippen molar-refractivity contribution in [1.82, 2.24) is 4.90 Å². The summed E-state index contributed by atoms with van der Waals surface area (Å²) in [5.74, 6) is 0.0267. The van der Waals surface area contributed by atoms with Crippen molar-refractivity contribution in [2.75, 3.05) is 14.2 Å². The minimum atomic E-state index is -4.97. The van der Waals surface area contributed by atoms with Gasteiger partial charge in [0.05, 0.1) is 7.11 Å². The highest BCUT2D eigenvalue weighted by Crippen LogP contribution is 2.47. The molecule has 2 rings (SSSR count). The molecule has 0 aliphatic heterocycles. The number of methoxy groups -OCH3 is 1. The van der Waals surface area contributed by atoms with E-state index in [2.05, 4.69) is 0 Å². The fourth-order valence-corrected chi connectivity index (χ4v) is 2.99. The number of nitrogens with zero attached hydrogens (tertiary/aromatic N) is 1. The largest absolute Gasteiger partial charge is 0.496 e. The van der Waals surface area contributed by atoms with Crippen LogP contribution in [0.4, 0.5) is 13.2 Å². The molecule has 0 aliphatic rings. The number of ether oxygens (including phenoxy) is 1. The first-order valence-electron chi connectivity index (χ1n) is 8.80. The lowest BCUT2D eigenvalue weighted by Crippen LogP contribution is -2.43. The van der Waals surface area contributed by atoms with E-state index in [0.717, 1.165) is 0 Å². The van der Waals surface area contributed by atoms with Gasteiger partial charge in [0.1, 0.15) is 11.6 Å². The van der Waals surface area contributed by atoms with E-state index >= 15 is 0 Å². The van der Waals surface area contributed by atoms with Crippen LogP contribution in [0.3, 0.4) is 0 Å². The number of hydrogen-bond donors (Lipinski definition) is 2. The predicted molar refractivity (Wildman–Crippen MR) is 103 cm³/mol. The molecule has 0 fully saturated rings. The maximum Gasteiger partial charge on any atom is 0.425 e. The normalized spacial score (nSPS) is 13.9. The van der Waals surface area contributed by atoms with Gasteiger partial charge < -0.3 is 14.7 Å². The maximum absolute atomic E-state index is 14.1. The van der Waals surface area contributed by atoms with E-state index in [1.165, 1.54) is 43.5 Å². The van der Waals surface area contributed by atoms with Crippen molar-refractivity contribution in [3.63, 3.8) is 0 Å². The Hall–Kier alpha value is -2.54. The van der Waals surface area contributed by atoms with Gasteiger partial charge in [0, 0.05) is 24.2 Å². The van der Waals surface area contributed by atoms with Gasteiger partial charge in [0.25, 0.3) is 0 Å². The molecule has 152 valence electrons. The van der Waals surface area contributed by atoms with E-state index in [4.69, 9.17) is 10.1 Å². The fourth-order valence-electron chi connectivity index (χ4n) is 2.99. The highest BCUT2D eigenvalue weighted by Gasteiger charge is 2.57. The number of amidine groups is 1. The van der Waals surface area contributed by atoms with Crippen LogP contribution in [-0.4, -0.2) is 42.2 Å². The van der Waals surface area contributed by atoms with Crippen LogP contribution in [-0.2, 0) is 5.60 Å². The molecule has 1 atom stereocenters. The lowest BCUT2D eigenvalue weighted by molar-refractivity contribution is -0.248. The summed E-state index contributed by atoms with van der Waals surface area (Å²) in [6, 6.07) is 9.57. The summed E-state index contributed by atoms with van der Waals surface area (Å²) >= 11 is 0. The van der Waals surface area contributed by atoms with Gasteiger partial charge in [-0.15, -0.1) is 0 Å². The molecule has 0 heterocycles. The van der Waals surface area contributed by atoms with Gasteiger partial charge in [0.2, 0.25) is 5.60 Å². The van der Waals surface area contributed by atoms with Crippen molar-refractivity contribution in [2.24, 2.45) is 0 Å². The molecule has 2 N–H and O–H groups in total. The highest BCUT2D eigenvalue weighted by molar-refractivity contribution is 5.98. The van der Waals surface area contributed by atoms with Gasteiger partial charge in [-0.25, -0.2) is 0 Å². The summed E-state index contributed by atoms with van der Waals surface area (Å²) in [5, 5.41) is 19.3. The predicted octanol–water partition coefficient (Wildman–Crippen LogP) is 4.47. The molecule has 0 aliphatic carbocycles. The van der Waals surface area contributed by atoms with Crippen molar-refractivity contribution < 1.29 is 23.0 Å². The zero-order valence-electron chi connectivity index (χ0n) is 16.6. The van der Waals surface area contributed by atoms with Gasteiger partial charge in [-0.3, -0.25) is 5.41 Å². The second-order valence-corrected chi connectivity index (χ2v) is 6.99. The first-order valence-corrected chi connectivity index (χ1v) is 8.80. The van der Waals surface area contributed by atoms with Crippen molar-refractivity contribution in [3.05, 3.63) is 64.7 Å². The third-order valence-corrected chi connectivity index (χ3v) is 4.92. The van der Waals surface area contributed by atoms with E-state index in [0.29, 0.717) is 11.1 Å². The van der Waals surface area contributed by atoms with E-state index in [1.54, 1.807) is 24.9 Å². The van der Waals surface area contributed by atoms with E-state index in [9.17, 15) is 18.3 Å². The number of alkyl halides is 3. The number of rotatable bonds is 5. The molecule has 7 heteroatoms. The average Bonchev–Trinajstić information content (AvgIpc) is 2.65. The molecule has 0 aromatic heterocycles. The molecule has 0 saturated carbocycles. The van der Waals surface area contributed by atoms with Crippen molar-refractivity contribution in [3.8, 4) is 5.75 Å². The van der Waals surface area contributed by atoms with Crippen LogP contribution < -0.4 is 4.74 Å². The molecule has 0 saturated heterocycles. The van der Waals surface area contributed by atoms with Crippen molar-refractivity contribution >= 4 is 5.84 Å². The molecule has 4 nitrogen and oxygen atoms in total. The van der Waals surface area contributed by atoms with Crippen LogP contribution in [0.15, 0.2) is 42.5 Å². The first kappa shape index (κ1) is 21.8. The first-order chi connectivity index (χ1) is 12.9. The molecule has 0 amide bonds. The highest BCUT2D eigenvalue weighted by atomic mass is 19.4. The monoisotopic (exact) mass is 394 g/mol. The summed E-state index contributed by atoms with van der Waals surface area (Å²) < 4.78 is 47.4. The van der Waals surface area contributed by atoms with Crippen LogP contribution >= 0.6 is 0 Å². The summed E-state index contributed by atoms with van der Waals surface area (Å²) in [6.07, 6.45) is -4.97. The van der Waals surface area contributed by atoms with Crippen molar-refractivity contribution in [1.29, 1.82) is 5.41 Å². The average molecular weight is 394 g/mol. The van der Waals surface area contributed by atoms with Gasteiger partial charge in [-0.1, -0.05) is 30.3 Å². The standard InChI is InChI=1S/C21H25F3N2O2/c1-13(2)26(4)19(25)16-12-18(28-5)17(11-14(16)3)20(27,21(22,23)24)15-9-7-6-8-10-15/h6-13,25,27H,1-5H3. The number of hydrogen-bond acceptors (Lipinski definition) is 3. The smallest absolute Gasteiger partial charge is 0.425 e. The summed E-state index contributed by atoms with van der Waals surface area (Å²) in [6.45, 7) is 5.43. The van der Waals surface area contributed by atoms with Crippen LogP contribution in [0, 0.1) is 12.3 Å². The molecule has 0 radical (unpaired) electrons.